The van der Waals surface area contributed by atoms with E-state index in [0.29, 0.717) is 16.9 Å². The largest absolute Gasteiger partial charge is 0.309 e. The molecule has 2 fully saturated rings. The molecule has 2 aliphatic carbocycles. The van der Waals surface area contributed by atoms with Crippen molar-refractivity contribution in [2.45, 2.75) is 53.5 Å². The second kappa shape index (κ2) is 4.59. The Morgan fingerprint density at radius 3 is 2.05 bits per heavy atom. The maximum absolute atomic E-state index is 3.89. The monoisotopic (exact) mass is 271 g/mol. The van der Waals surface area contributed by atoms with Crippen LogP contribution in [0.15, 0.2) is 24.3 Å². The van der Waals surface area contributed by atoms with Gasteiger partial charge in [0.2, 0.25) is 0 Å². The molecule has 110 valence electrons. The summed E-state index contributed by atoms with van der Waals surface area (Å²) < 4.78 is 0. The molecule has 2 aliphatic rings. The summed E-state index contributed by atoms with van der Waals surface area (Å²) in [4.78, 5) is 0. The first-order valence-corrected chi connectivity index (χ1v) is 8.14. The third-order valence-corrected chi connectivity index (χ3v) is 6.39. The number of hydrogen-bond acceptors (Lipinski definition) is 1. The van der Waals surface area contributed by atoms with Crippen LogP contribution in [0.4, 0.5) is 0 Å². The van der Waals surface area contributed by atoms with Gasteiger partial charge in [-0.3, -0.25) is 0 Å². The fourth-order valence-corrected chi connectivity index (χ4v) is 3.85. The third kappa shape index (κ3) is 2.30. The summed E-state index contributed by atoms with van der Waals surface area (Å²) in [5, 5.41) is 3.89. The van der Waals surface area contributed by atoms with Crippen molar-refractivity contribution in [2.75, 3.05) is 6.54 Å². The van der Waals surface area contributed by atoms with Crippen LogP contribution in [0.5, 0.6) is 0 Å². The van der Waals surface area contributed by atoms with E-state index in [1.54, 1.807) is 0 Å². The molecule has 0 bridgehead atoms. The standard InChI is InChI=1S/C19H29N/c1-13-6-8-14(9-7-13)17(15-10-11-15)20-12-16-18(2,3)19(16,4)5/h6-9,15-17,20H,10-12H2,1-5H3. The van der Waals surface area contributed by atoms with E-state index in [-0.39, 0.29) is 0 Å². The van der Waals surface area contributed by atoms with Crippen LogP contribution in [-0.2, 0) is 0 Å². The van der Waals surface area contributed by atoms with E-state index in [4.69, 9.17) is 0 Å². The number of benzene rings is 1. The summed E-state index contributed by atoms with van der Waals surface area (Å²) in [5.41, 5.74) is 3.81. The van der Waals surface area contributed by atoms with E-state index in [0.717, 1.165) is 18.4 Å². The van der Waals surface area contributed by atoms with E-state index in [9.17, 15) is 0 Å². The topological polar surface area (TPSA) is 12.0 Å². The molecule has 1 unspecified atom stereocenters. The van der Waals surface area contributed by atoms with Crippen molar-refractivity contribution in [3.05, 3.63) is 35.4 Å². The fraction of sp³-hybridized carbons (Fsp3) is 0.684. The van der Waals surface area contributed by atoms with Crippen LogP contribution >= 0.6 is 0 Å². The highest BCUT2D eigenvalue weighted by Gasteiger charge is 2.64. The van der Waals surface area contributed by atoms with Crippen molar-refractivity contribution in [2.24, 2.45) is 22.7 Å². The predicted octanol–water partition coefficient (Wildman–Crippen LogP) is 4.72. The quantitative estimate of drug-likeness (QED) is 0.817. The van der Waals surface area contributed by atoms with E-state index in [1.807, 2.05) is 0 Å². The van der Waals surface area contributed by atoms with Crippen molar-refractivity contribution in [1.82, 2.24) is 5.32 Å². The van der Waals surface area contributed by atoms with E-state index in [2.05, 4.69) is 64.2 Å². The molecule has 0 aliphatic heterocycles. The van der Waals surface area contributed by atoms with Gasteiger partial charge in [-0.2, -0.15) is 0 Å². The maximum atomic E-state index is 3.89. The molecule has 1 aromatic carbocycles. The van der Waals surface area contributed by atoms with Gasteiger partial charge in [0.05, 0.1) is 0 Å². The van der Waals surface area contributed by atoms with Gasteiger partial charge in [0.1, 0.15) is 0 Å². The average molecular weight is 271 g/mol. The summed E-state index contributed by atoms with van der Waals surface area (Å²) in [6, 6.07) is 9.69. The normalized spacial score (nSPS) is 25.4. The molecule has 1 heteroatoms. The van der Waals surface area contributed by atoms with Crippen molar-refractivity contribution >= 4 is 0 Å². The van der Waals surface area contributed by atoms with Crippen LogP contribution < -0.4 is 5.32 Å². The Bertz CT molecular complexity index is 465. The van der Waals surface area contributed by atoms with Gasteiger partial charge in [-0.15, -0.1) is 0 Å². The Morgan fingerprint density at radius 1 is 1.05 bits per heavy atom. The first-order valence-electron chi connectivity index (χ1n) is 8.14. The van der Waals surface area contributed by atoms with Gasteiger partial charge in [-0.1, -0.05) is 57.5 Å². The van der Waals surface area contributed by atoms with Gasteiger partial charge >= 0.3 is 0 Å². The minimum Gasteiger partial charge on any atom is -0.309 e. The molecule has 1 nitrogen and oxygen atoms in total. The Hall–Kier alpha value is -0.820. The van der Waals surface area contributed by atoms with Crippen LogP contribution in [0.2, 0.25) is 0 Å². The molecular weight excluding hydrogens is 242 g/mol. The number of rotatable bonds is 5. The highest BCUT2D eigenvalue weighted by atomic mass is 15.0. The Kier molecular flexibility index (Phi) is 3.25. The number of aryl methyl sites for hydroxylation is 1. The van der Waals surface area contributed by atoms with Gasteiger partial charge < -0.3 is 5.32 Å². The number of hydrogen-bond donors (Lipinski definition) is 1. The summed E-state index contributed by atoms with van der Waals surface area (Å²) in [5.74, 6) is 1.67. The van der Waals surface area contributed by atoms with Crippen LogP contribution in [0, 0.1) is 29.6 Å². The van der Waals surface area contributed by atoms with Crippen LogP contribution in [0.25, 0.3) is 0 Å². The Labute approximate surface area is 124 Å². The van der Waals surface area contributed by atoms with Gasteiger partial charge in [0.15, 0.2) is 0 Å². The average Bonchev–Trinajstić information content (AvgIpc) is 3.25. The Balaban J connectivity index is 1.66. The van der Waals surface area contributed by atoms with E-state index in [1.165, 1.54) is 24.0 Å². The second-order valence-corrected chi connectivity index (χ2v) is 8.13. The van der Waals surface area contributed by atoms with Crippen molar-refractivity contribution in [3.63, 3.8) is 0 Å². The fourth-order valence-electron chi connectivity index (χ4n) is 3.85. The lowest BCUT2D eigenvalue weighted by Gasteiger charge is -2.20. The summed E-state index contributed by atoms with van der Waals surface area (Å²) in [6.45, 7) is 13.0. The molecule has 1 atom stereocenters. The first kappa shape index (κ1) is 14.1. The molecule has 0 aromatic heterocycles. The van der Waals surface area contributed by atoms with Crippen LogP contribution in [0.3, 0.4) is 0 Å². The molecule has 3 rings (SSSR count). The van der Waals surface area contributed by atoms with Gasteiger partial charge in [-0.05, 0) is 54.5 Å². The summed E-state index contributed by atoms with van der Waals surface area (Å²) in [6.07, 6.45) is 2.78. The smallest absolute Gasteiger partial charge is 0.0348 e. The molecule has 0 radical (unpaired) electrons. The molecule has 0 saturated heterocycles. The van der Waals surface area contributed by atoms with Crippen molar-refractivity contribution in [1.29, 1.82) is 0 Å². The Morgan fingerprint density at radius 2 is 1.60 bits per heavy atom. The lowest BCUT2D eigenvalue weighted by Crippen LogP contribution is -2.26. The molecule has 0 spiro atoms. The summed E-state index contributed by atoms with van der Waals surface area (Å²) in [7, 11) is 0. The van der Waals surface area contributed by atoms with E-state index < -0.39 is 0 Å². The predicted molar refractivity (Wildman–Crippen MR) is 85.7 cm³/mol. The lowest BCUT2D eigenvalue weighted by molar-refractivity contribution is 0.436. The molecule has 0 heterocycles. The van der Waals surface area contributed by atoms with Crippen molar-refractivity contribution in [3.8, 4) is 0 Å². The minimum atomic E-state index is 0.487. The van der Waals surface area contributed by atoms with E-state index >= 15 is 0 Å². The molecule has 1 N–H and O–H groups in total. The maximum Gasteiger partial charge on any atom is 0.0348 e. The highest BCUT2D eigenvalue weighted by molar-refractivity contribution is 5.26. The lowest BCUT2D eigenvalue weighted by atomic mass is 10.0. The molecule has 0 amide bonds. The zero-order valence-electron chi connectivity index (χ0n) is 13.7. The molecular formula is C19H29N. The number of nitrogens with one attached hydrogen (secondary N) is 1. The minimum absolute atomic E-state index is 0.487. The zero-order chi connectivity index (χ0) is 14.5. The van der Waals surface area contributed by atoms with Gasteiger partial charge in [0.25, 0.3) is 0 Å². The molecule has 2 saturated carbocycles. The first-order chi connectivity index (χ1) is 9.34. The summed E-state index contributed by atoms with van der Waals surface area (Å²) >= 11 is 0. The molecule has 20 heavy (non-hydrogen) atoms. The second-order valence-electron chi connectivity index (χ2n) is 8.13. The van der Waals surface area contributed by atoms with Crippen LogP contribution in [-0.4, -0.2) is 6.54 Å². The molecule has 1 aromatic rings. The zero-order valence-corrected chi connectivity index (χ0v) is 13.7. The van der Waals surface area contributed by atoms with Crippen molar-refractivity contribution < 1.29 is 0 Å². The SMILES string of the molecule is Cc1ccc(C(NCC2C(C)(C)C2(C)C)C2CC2)cc1. The highest BCUT2D eigenvalue weighted by Crippen LogP contribution is 2.68. The third-order valence-electron chi connectivity index (χ3n) is 6.39. The van der Waals surface area contributed by atoms with Crippen LogP contribution in [0.1, 0.15) is 57.7 Å². The van der Waals surface area contributed by atoms with Gasteiger partial charge in [0, 0.05) is 6.04 Å². The van der Waals surface area contributed by atoms with Gasteiger partial charge in [-0.25, -0.2) is 0 Å².